The van der Waals surface area contributed by atoms with Crippen molar-refractivity contribution in [3.05, 3.63) is 0 Å². The lowest BCUT2D eigenvalue weighted by Crippen LogP contribution is -2.25. The molecule has 112 valence electrons. The van der Waals surface area contributed by atoms with E-state index in [9.17, 15) is 0 Å². The summed E-state index contributed by atoms with van der Waals surface area (Å²) >= 11 is 1.74. The zero-order chi connectivity index (χ0) is 14.4. The molecule has 0 amide bonds. The summed E-state index contributed by atoms with van der Waals surface area (Å²) in [7, 11) is 1.84. The summed E-state index contributed by atoms with van der Waals surface area (Å²) in [5, 5.41) is 4.37. The molecule has 0 aliphatic carbocycles. The molecule has 0 radical (unpaired) electrons. The first-order valence-corrected chi connectivity index (χ1v) is 8.08. The molecule has 0 saturated carbocycles. The van der Waals surface area contributed by atoms with Gasteiger partial charge < -0.3 is 15.0 Å². The van der Waals surface area contributed by atoms with Crippen molar-refractivity contribution < 1.29 is 4.74 Å². The largest absolute Gasteiger partial charge is 0.381 e. The third kappa shape index (κ3) is 3.96. The first-order chi connectivity index (χ1) is 9.76. The van der Waals surface area contributed by atoms with E-state index in [2.05, 4.69) is 39.0 Å². The first-order valence-electron chi connectivity index (χ1n) is 7.20. The highest BCUT2D eigenvalue weighted by molar-refractivity contribution is 7.99. The fraction of sp³-hybridized carbons (Fsp3) is 0.769. The Kier molecular flexibility index (Phi) is 5.85. The van der Waals surface area contributed by atoms with Gasteiger partial charge in [-0.25, -0.2) is 0 Å². The van der Waals surface area contributed by atoms with Crippen molar-refractivity contribution in [2.45, 2.75) is 37.1 Å². The maximum Gasteiger partial charge on any atom is 0.231 e. The molecule has 7 heteroatoms. The third-order valence-electron chi connectivity index (χ3n) is 3.31. The standard InChI is InChI=1S/C13H23N5OS/c1-4-18(5-2)12-15-11(14-3)16-13(17-12)20-10-6-8-19-9-7-10/h10H,4-9H2,1-3H3,(H,14,15,16,17). The first kappa shape index (κ1) is 15.3. The Morgan fingerprint density at radius 3 is 2.50 bits per heavy atom. The zero-order valence-electron chi connectivity index (χ0n) is 12.4. The van der Waals surface area contributed by atoms with Crippen molar-refractivity contribution in [1.29, 1.82) is 0 Å². The van der Waals surface area contributed by atoms with Crippen LogP contribution < -0.4 is 10.2 Å². The van der Waals surface area contributed by atoms with Crippen LogP contribution in [-0.2, 0) is 4.74 Å². The number of rotatable bonds is 6. The monoisotopic (exact) mass is 297 g/mol. The van der Waals surface area contributed by atoms with Crippen LogP contribution in [0.5, 0.6) is 0 Å². The Bertz CT molecular complexity index is 421. The highest BCUT2D eigenvalue weighted by atomic mass is 32.2. The molecule has 0 spiro atoms. The third-order valence-corrected chi connectivity index (χ3v) is 4.51. The number of thioether (sulfide) groups is 1. The molecule has 0 bridgehead atoms. The van der Waals surface area contributed by atoms with Crippen LogP contribution in [-0.4, -0.2) is 53.6 Å². The van der Waals surface area contributed by atoms with Crippen molar-refractivity contribution >= 4 is 23.7 Å². The molecule has 1 aromatic heterocycles. The quantitative estimate of drug-likeness (QED) is 0.862. The molecule has 1 aromatic rings. The number of hydrogen-bond acceptors (Lipinski definition) is 7. The normalized spacial score (nSPS) is 16.1. The molecule has 0 unspecified atom stereocenters. The zero-order valence-corrected chi connectivity index (χ0v) is 13.2. The Morgan fingerprint density at radius 2 is 1.90 bits per heavy atom. The Hall–Kier alpha value is -1.08. The summed E-state index contributed by atoms with van der Waals surface area (Å²) in [6.45, 7) is 7.68. The van der Waals surface area contributed by atoms with Gasteiger partial charge in [-0.2, -0.15) is 15.0 Å². The molecule has 2 rings (SSSR count). The van der Waals surface area contributed by atoms with E-state index in [0.29, 0.717) is 11.2 Å². The second kappa shape index (κ2) is 7.64. The molecular weight excluding hydrogens is 274 g/mol. The summed E-state index contributed by atoms with van der Waals surface area (Å²) in [6, 6.07) is 0. The van der Waals surface area contributed by atoms with E-state index in [-0.39, 0.29) is 0 Å². The van der Waals surface area contributed by atoms with E-state index < -0.39 is 0 Å². The highest BCUT2D eigenvalue weighted by Crippen LogP contribution is 2.28. The summed E-state index contributed by atoms with van der Waals surface area (Å²) in [6.07, 6.45) is 2.12. The maximum absolute atomic E-state index is 5.39. The molecule has 1 N–H and O–H groups in total. The number of hydrogen-bond donors (Lipinski definition) is 1. The minimum atomic E-state index is 0.542. The minimum Gasteiger partial charge on any atom is -0.381 e. The molecule has 20 heavy (non-hydrogen) atoms. The number of ether oxygens (including phenoxy) is 1. The predicted molar refractivity (Wildman–Crippen MR) is 82.6 cm³/mol. The molecule has 1 aliphatic rings. The average molecular weight is 297 g/mol. The molecule has 1 fully saturated rings. The number of anilines is 2. The van der Waals surface area contributed by atoms with Crippen LogP contribution in [0.15, 0.2) is 5.16 Å². The average Bonchev–Trinajstić information content (AvgIpc) is 2.49. The van der Waals surface area contributed by atoms with Gasteiger partial charge in [0.1, 0.15) is 0 Å². The van der Waals surface area contributed by atoms with Gasteiger partial charge in [0.05, 0.1) is 0 Å². The van der Waals surface area contributed by atoms with Gasteiger partial charge in [0.15, 0.2) is 5.16 Å². The van der Waals surface area contributed by atoms with Crippen molar-refractivity contribution in [3.63, 3.8) is 0 Å². The molecular formula is C13H23N5OS. The van der Waals surface area contributed by atoms with Crippen LogP contribution in [0.1, 0.15) is 26.7 Å². The number of aromatic nitrogens is 3. The summed E-state index contributed by atoms with van der Waals surface area (Å²) in [5.74, 6) is 1.39. The van der Waals surface area contributed by atoms with Crippen LogP contribution >= 0.6 is 11.8 Å². The van der Waals surface area contributed by atoms with Gasteiger partial charge in [0.2, 0.25) is 11.9 Å². The summed E-state index contributed by atoms with van der Waals surface area (Å²) in [5.41, 5.74) is 0. The van der Waals surface area contributed by atoms with Gasteiger partial charge in [-0.15, -0.1) is 0 Å². The van der Waals surface area contributed by atoms with Crippen LogP contribution in [0.3, 0.4) is 0 Å². The van der Waals surface area contributed by atoms with Gasteiger partial charge in [-0.3, -0.25) is 0 Å². The van der Waals surface area contributed by atoms with Crippen LogP contribution in [0, 0.1) is 0 Å². The topological polar surface area (TPSA) is 63.2 Å². The minimum absolute atomic E-state index is 0.542. The van der Waals surface area contributed by atoms with Crippen molar-refractivity contribution in [2.24, 2.45) is 0 Å². The Morgan fingerprint density at radius 1 is 1.20 bits per heavy atom. The van der Waals surface area contributed by atoms with E-state index in [4.69, 9.17) is 4.74 Å². The second-order valence-electron chi connectivity index (χ2n) is 4.59. The molecule has 2 heterocycles. The fourth-order valence-electron chi connectivity index (χ4n) is 2.10. The van der Waals surface area contributed by atoms with E-state index >= 15 is 0 Å². The van der Waals surface area contributed by atoms with Crippen LogP contribution in [0.25, 0.3) is 0 Å². The predicted octanol–water partition coefficient (Wildman–Crippen LogP) is 2.03. The second-order valence-corrected chi connectivity index (χ2v) is 5.86. The van der Waals surface area contributed by atoms with Crippen molar-refractivity contribution in [3.8, 4) is 0 Å². The maximum atomic E-state index is 5.39. The lowest BCUT2D eigenvalue weighted by atomic mass is 10.2. The lowest BCUT2D eigenvalue weighted by Gasteiger charge is -2.22. The highest BCUT2D eigenvalue weighted by Gasteiger charge is 2.18. The molecule has 0 aromatic carbocycles. The van der Waals surface area contributed by atoms with Gasteiger partial charge in [-0.1, -0.05) is 11.8 Å². The lowest BCUT2D eigenvalue weighted by molar-refractivity contribution is 0.1000. The summed E-state index contributed by atoms with van der Waals surface area (Å²) < 4.78 is 5.39. The summed E-state index contributed by atoms with van der Waals surface area (Å²) in [4.78, 5) is 15.6. The van der Waals surface area contributed by atoms with Gasteiger partial charge >= 0.3 is 0 Å². The van der Waals surface area contributed by atoms with E-state index in [1.807, 2.05) is 7.05 Å². The van der Waals surface area contributed by atoms with Gasteiger partial charge in [0, 0.05) is 38.6 Å². The fourth-order valence-corrected chi connectivity index (χ4v) is 3.10. The van der Waals surface area contributed by atoms with Crippen molar-refractivity contribution in [1.82, 2.24) is 15.0 Å². The Balaban J connectivity index is 2.16. The van der Waals surface area contributed by atoms with Gasteiger partial charge in [0.25, 0.3) is 0 Å². The van der Waals surface area contributed by atoms with E-state index in [1.165, 1.54) is 0 Å². The number of nitrogens with zero attached hydrogens (tertiary/aromatic N) is 4. The van der Waals surface area contributed by atoms with E-state index in [1.54, 1.807) is 11.8 Å². The molecule has 1 aliphatic heterocycles. The molecule has 1 saturated heterocycles. The number of nitrogens with one attached hydrogen (secondary N) is 1. The smallest absolute Gasteiger partial charge is 0.231 e. The SMILES string of the molecule is CCN(CC)c1nc(NC)nc(SC2CCOCC2)n1. The van der Waals surface area contributed by atoms with Gasteiger partial charge in [-0.05, 0) is 26.7 Å². The van der Waals surface area contributed by atoms with Crippen LogP contribution in [0.4, 0.5) is 11.9 Å². The van der Waals surface area contributed by atoms with E-state index in [0.717, 1.165) is 50.2 Å². The Labute approximate surface area is 124 Å². The molecule has 0 atom stereocenters. The van der Waals surface area contributed by atoms with Crippen molar-refractivity contribution in [2.75, 3.05) is 43.6 Å². The molecule has 6 nitrogen and oxygen atoms in total. The van der Waals surface area contributed by atoms with Crippen LogP contribution in [0.2, 0.25) is 0 Å².